The van der Waals surface area contributed by atoms with Gasteiger partial charge in [-0.2, -0.15) is 0 Å². The standard InChI is InChI=1S/C17H26N4O4/c1-13-11-15(19-25-13)18-16(22)12-21(17(23)14-3-4-14)6-2-5-20-7-9-24-10-8-20/h11,14H,2-10,12H2,1H3,(H,18,19,22)/p+1. The van der Waals surface area contributed by atoms with E-state index in [0.29, 0.717) is 18.1 Å². The number of aryl methyl sites for hydroxylation is 1. The molecule has 8 heteroatoms. The van der Waals surface area contributed by atoms with Gasteiger partial charge in [0.1, 0.15) is 18.8 Å². The van der Waals surface area contributed by atoms with E-state index in [1.807, 2.05) is 0 Å². The molecule has 2 amide bonds. The molecule has 2 heterocycles. The lowest BCUT2D eigenvalue weighted by Crippen LogP contribution is -3.14. The van der Waals surface area contributed by atoms with E-state index in [0.717, 1.165) is 52.1 Å². The lowest BCUT2D eigenvalue weighted by molar-refractivity contribution is -0.908. The molecular formula is C17H27N4O4+. The Bertz CT molecular complexity index is 593. The molecule has 25 heavy (non-hydrogen) atoms. The summed E-state index contributed by atoms with van der Waals surface area (Å²) < 4.78 is 10.3. The number of nitrogens with one attached hydrogen (secondary N) is 2. The van der Waals surface area contributed by atoms with Gasteiger partial charge in [0.05, 0.1) is 26.3 Å². The van der Waals surface area contributed by atoms with Gasteiger partial charge < -0.3 is 24.4 Å². The third kappa shape index (κ3) is 5.54. The fourth-order valence-corrected chi connectivity index (χ4v) is 3.07. The molecule has 1 aliphatic carbocycles. The largest absolute Gasteiger partial charge is 0.370 e. The van der Waals surface area contributed by atoms with Gasteiger partial charge in [-0.3, -0.25) is 9.59 Å². The third-order valence-corrected chi connectivity index (χ3v) is 4.63. The highest BCUT2D eigenvalue weighted by molar-refractivity contribution is 5.94. The van der Waals surface area contributed by atoms with Gasteiger partial charge in [-0.25, -0.2) is 0 Å². The van der Waals surface area contributed by atoms with Crippen LogP contribution in [0.2, 0.25) is 0 Å². The highest BCUT2D eigenvalue weighted by Crippen LogP contribution is 2.31. The van der Waals surface area contributed by atoms with Gasteiger partial charge >= 0.3 is 0 Å². The summed E-state index contributed by atoms with van der Waals surface area (Å²) in [6.45, 7) is 7.09. The van der Waals surface area contributed by atoms with Crippen molar-refractivity contribution in [1.29, 1.82) is 0 Å². The first-order valence-corrected chi connectivity index (χ1v) is 9.05. The van der Waals surface area contributed by atoms with Crippen molar-refractivity contribution in [2.75, 3.05) is 51.3 Å². The molecule has 138 valence electrons. The minimum absolute atomic E-state index is 0.0691. The number of carbonyl (C=O) groups excluding carboxylic acids is 2. The normalized spacial score (nSPS) is 18.1. The second kappa shape index (κ2) is 8.44. The Kier molecular flexibility index (Phi) is 6.04. The molecule has 0 bridgehead atoms. The first kappa shape index (κ1) is 17.9. The van der Waals surface area contributed by atoms with Crippen molar-refractivity contribution in [3.05, 3.63) is 11.8 Å². The van der Waals surface area contributed by atoms with Crippen LogP contribution in [0.5, 0.6) is 0 Å². The highest BCUT2D eigenvalue weighted by atomic mass is 16.5. The number of nitrogens with zero attached hydrogens (tertiary/aromatic N) is 2. The van der Waals surface area contributed by atoms with E-state index in [1.54, 1.807) is 17.9 Å². The molecule has 0 unspecified atom stereocenters. The number of hydrogen-bond acceptors (Lipinski definition) is 5. The predicted molar refractivity (Wildman–Crippen MR) is 90.2 cm³/mol. The second-order valence-corrected chi connectivity index (χ2v) is 6.87. The molecular weight excluding hydrogens is 324 g/mol. The van der Waals surface area contributed by atoms with Crippen LogP contribution in [-0.4, -0.2) is 67.8 Å². The third-order valence-electron chi connectivity index (χ3n) is 4.63. The van der Waals surface area contributed by atoms with Gasteiger partial charge in [-0.05, 0) is 19.8 Å². The summed E-state index contributed by atoms with van der Waals surface area (Å²) in [5, 5.41) is 6.44. The fraction of sp³-hybridized carbons (Fsp3) is 0.706. The zero-order valence-electron chi connectivity index (χ0n) is 14.8. The van der Waals surface area contributed by atoms with Crippen molar-refractivity contribution in [1.82, 2.24) is 10.1 Å². The number of amides is 2. The first-order chi connectivity index (χ1) is 12.1. The summed E-state index contributed by atoms with van der Waals surface area (Å²) in [5.74, 6) is 0.996. The van der Waals surface area contributed by atoms with Crippen molar-refractivity contribution >= 4 is 17.6 Å². The maximum Gasteiger partial charge on any atom is 0.245 e. The zero-order valence-corrected chi connectivity index (χ0v) is 14.8. The maximum absolute atomic E-state index is 12.5. The number of morpholine rings is 1. The number of hydrogen-bond donors (Lipinski definition) is 2. The molecule has 8 nitrogen and oxygen atoms in total. The smallest absolute Gasteiger partial charge is 0.245 e. The lowest BCUT2D eigenvalue weighted by atomic mass is 10.2. The van der Waals surface area contributed by atoms with Crippen LogP contribution in [0.1, 0.15) is 25.0 Å². The topological polar surface area (TPSA) is 89.1 Å². The number of aromatic nitrogens is 1. The van der Waals surface area contributed by atoms with Gasteiger partial charge in [-0.15, -0.1) is 0 Å². The minimum Gasteiger partial charge on any atom is -0.370 e. The van der Waals surface area contributed by atoms with Crippen molar-refractivity contribution in [2.24, 2.45) is 5.92 Å². The van der Waals surface area contributed by atoms with Crippen LogP contribution in [0, 0.1) is 12.8 Å². The predicted octanol–water partition coefficient (Wildman–Crippen LogP) is -0.535. The number of ether oxygens (including phenoxy) is 1. The molecule has 1 aliphatic heterocycles. The molecule has 0 spiro atoms. The van der Waals surface area contributed by atoms with Gasteiger partial charge in [0.2, 0.25) is 11.8 Å². The van der Waals surface area contributed by atoms with Crippen LogP contribution in [0.15, 0.2) is 10.6 Å². The van der Waals surface area contributed by atoms with Crippen molar-refractivity contribution in [3.63, 3.8) is 0 Å². The summed E-state index contributed by atoms with van der Waals surface area (Å²) in [4.78, 5) is 27.9. The summed E-state index contributed by atoms with van der Waals surface area (Å²) in [6.07, 6.45) is 2.77. The van der Waals surface area contributed by atoms with E-state index < -0.39 is 0 Å². The molecule has 0 atom stereocenters. The van der Waals surface area contributed by atoms with Gasteiger partial charge in [0.15, 0.2) is 5.82 Å². The Morgan fingerprint density at radius 2 is 2.12 bits per heavy atom. The van der Waals surface area contributed by atoms with E-state index >= 15 is 0 Å². The summed E-state index contributed by atoms with van der Waals surface area (Å²) in [6, 6.07) is 1.66. The van der Waals surface area contributed by atoms with Crippen LogP contribution < -0.4 is 10.2 Å². The monoisotopic (exact) mass is 351 g/mol. The zero-order chi connectivity index (χ0) is 17.6. The molecule has 0 aromatic carbocycles. The Morgan fingerprint density at radius 1 is 1.36 bits per heavy atom. The van der Waals surface area contributed by atoms with E-state index in [4.69, 9.17) is 9.26 Å². The summed E-state index contributed by atoms with van der Waals surface area (Å²) in [5.41, 5.74) is 0. The summed E-state index contributed by atoms with van der Waals surface area (Å²) >= 11 is 0. The molecule has 2 aliphatic rings. The van der Waals surface area contributed by atoms with Gasteiger partial charge in [0, 0.05) is 24.9 Å². The molecule has 1 aromatic rings. The maximum atomic E-state index is 12.5. The first-order valence-electron chi connectivity index (χ1n) is 9.05. The molecule has 2 N–H and O–H groups in total. The van der Waals surface area contributed by atoms with Gasteiger partial charge in [0.25, 0.3) is 0 Å². The van der Waals surface area contributed by atoms with E-state index in [2.05, 4.69) is 10.5 Å². The number of rotatable bonds is 8. The van der Waals surface area contributed by atoms with Crippen LogP contribution >= 0.6 is 0 Å². The van der Waals surface area contributed by atoms with Crippen LogP contribution in [0.25, 0.3) is 0 Å². The number of carbonyl (C=O) groups is 2. The van der Waals surface area contributed by atoms with Crippen molar-refractivity contribution in [2.45, 2.75) is 26.2 Å². The van der Waals surface area contributed by atoms with Crippen LogP contribution in [0.3, 0.4) is 0 Å². The summed E-state index contributed by atoms with van der Waals surface area (Å²) in [7, 11) is 0. The lowest BCUT2D eigenvalue weighted by Gasteiger charge is -2.26. The second-order valence-electron chi connectivity index (χ2n) is 6.87. The van der Waals surface area contributed by atoms with Crippen molar-refractivity contribution < 1.29 is 23.7 Å². The molecule has 1 saturated carbocycles. The molecule has 1 saturated heterocycles. The minimum atomic E-state index is -0.235. The molecule has 2 fully saturated rings. The Morgan fingerprint density at radius 3 is 2.76 bits per heavy atom. The van der Waals surface area contributed by atoms with Crippen LogP contribution in [-0.2, 0) is 14.3 Å². The molecule has 3 rings (SSSR count). The fourth-order valence-electron chi connectivity index (χ4n) is 3.07. The average Bonchev–Trinajstić information content (AvgIpc) is 3.37. The molecule has 1 aromatic heterocycles. The van der Waals surface area contributed by atoms with Gasteiger partial charge in [-0.1, -0.05) is 5.16 Å². The number of quaternary nitrogens is 1. The quantitative estimate of drug-likeness (QED) is 0.657. The average molecular weight is 351 g/mol. The Labute approximate surface area is 147 Å². The Balaban J connectivity index is 1.48. The Hall–Kier alpha value is -1.93. The van der Waals surface area contributed by atoms with E-state index in [-0.39, 0.29) is 24.3 Å². The van der Waals surface area contributed by atoms with E-state index in [1.165, 1.54) is 4.90 Å². The van der Waals surface area contributed by atoms with E-state index in [9.17, 15) is 9.59 Å². The SMILES string of the molecule is Cc1cc(NC(=O)CN(CCC[NH+]2CCOCC2)C(=O)C2CC2)no1. The highest BCUT2D eigenvalue weighted by Gasteiger charge is 2.34. The number of anilines is 1. The van der Waals surface area contributed by atoms with Crippen LogP contribution in [0.4, 0.5) is 5.82 Å². The molecule has 0 radical (unpaired) electrons. The van der Waals surface area contributed by atoms with Crippen molar-refractivity contribution in [3.8, 4) is 0 Å².